The largest absolute Gasteiger partial charge is 0.193 e. The molecule has 0 N–H and O–H groups in total. The van der Waals surface area contributed by atoms with Gasteiger partial charge < -0.3 is 0 Å². The quantitative estimate of drug-likeness (QED) is 0.291. The molecule has 0 atom stereocenters. The lowest BCUT2D eigenvalue weighted by Crippen LogP contribution is -2.14. The summed E-state index contributed by atoms with van der Waals surface area (Å²) in [4.78, 5) is 0. The number of aryl methyl sites for hydroxylation is 1. The molecule has 26 heavy (non-hydrogen) atoms. The first-order valence-corrected chi connectivity index (χ1v) is 10.0. The fourth-order valence-electron chi connectivity index (χ4n) is 3.92. The Hall–Kier alpha value is -2.32. The number of hydrogen-bond donors (Lipinski definition) is 0. The van der Waals surface area contributed by atoms with E-state index in [1.165, 1.54) is 63.0 Å². The lowest BCUT2D eigenvalue weighted by molar-refractivity contribution is 0.250. The topological polar surface area (TPSA) is 47.6 Å². The van der Waals surface area contributed by atoms with Gasteiger partial charge in [-0.1, -0.05) is 68.9 Å². The number of allylic oxidation sites excluding steroid dienone is 4. The number of nitrogens with zero attached hydrogens (tertiary/aromatic N) is 2. The van der Waals surface area contributed by atoms with Crippen LogP contribution in [-0.4, -0.2) is 0 Å². The maximum atomic E-state index is 8.83. The zero-order chi connectivity index (χ0) is 18.5. The number of unbranched alkanes of at least 4 members (excludes halogenated alkanes) is 1. The minimum Gasteiger partial charge on any atom is -0.193 e. The molecule has 2 rings (SSSR count). The zero-order valence-electron chi connectivity index (χ0n) is 15.7. The van der Waals surface area contributed by atoms with Gasteiger partial charge in [0, 0.05) is 6.08 Å². The van der Waals surface area contributed by atoms with Crippen molar-refractivity contribution in [3.63, 3.8) is 0 Å². The Balaban J connectivity index is 1.53. The highest BCUT2D eigenvalue weighted by molar-refractivity contribution is 5.31. The van der Waals surface area contributed by atoms with Crippen LogP contribution < -0.4 is 0 Å². The molecule has 2 heteroatoms. The molecule has 0 radical (unpaired) electrons. The first-order chi connectivity index (χ1) is 12.8. The summed E-state index contributed by atoms with van der Waals surface area (Å²) in [5, 5.41) is 17.3. The molecule has 136 valence electrons. The third-order valence-corrected chi connectivity index (χ3v) is 5.54. The fraction of sp³-hybridized carbons (Fsp3) is 0.500. The van der Waals surface area contributed by atoms with Crippen molar-refractivity contribution in [2.75, 3.05) is 0 Å². The van der Waals surface area contributed by atoms with Gasteiger partial charge in [0.2, 0.25) is 0 Å². The van der Waals surface area contributed by atoms with E-state index in [1.807, 2.05) is 30.4 Å². The molecule has 1 aromatic rings. The van der Waals surface area contributed by atoms with Crippen LogP contribution in [0.4, 0.5) is 0 Å². The number of rotatable bonds is 9. The van der Waals surface area contributed by atoms with Crippen LogP contribution in [0.2, 0.25) is 0 Å². The highest BCUT2D eigenvalue weighted by atomic mass is 14.3. The van der Waals surface area contributed by atoms with Gasteiger partial charge in [0.05, 0.1) is 17.7 Å². The second kappa shape index (κ2) is 12.1. The molecule has 0 unspecified atom stereocenters. The summed E-state index contributed by atoms with van der Waals surface area (Å²) in [5.41, 5.74) is 2.10. The Labute approximate surface area is 158 Å². The number of benzene rings is 1. The van der Waals surface area contributed by atoms with E-state index in [0.29, 0.717) is 0 Å². The molecule has 0 saturated heterocycles. The van der Waals surface area contributed by atoms with Gasteiger partial charge in [-0.3, -0.25) is 0 Å². The van der Waals surface area contributed by atoms with Crippen LogP contribution in [-0.2, 0) is 6.42 Å². The van der Waals surface area contributed by atoms with E-state index in [0.717, 1.165) is 30.2 Å². The van der Waals surface area contributed by atoms with Crippen molar-refractivity contribution in [1.29, 1.82) is 10.5 Å². The van der Waals surface area contributed by atoms with Crippen LogP contribution >= 0.6 is 0 Å². The standard InChI is InChI=1S/C24H30N2/c25-19-7-3-1-2-4-8-21-11-13-22(14-12-21)9-5-6-10-23-15-17-24(20-26)18-16-23/h1-3,7,15-18,21-22H,4-6,8-14H2. The van der Waals surface area contributed by atoms with Gasteiger partial charge in [0.25, 0.3) is 0 Å². The Kier molecular flexibility index (Phi) is 9.31. The molecule has 1 fully saturated rings. The number of nitriles is 2. The molecule has 0 bridgehead atoms. The van der Waals surface area contributed by atoms with E-state index >= 15 is 0 Å². The normalized spacial score (nSPS) is 20.2. The average molecular weight is 347 g/mol. The summed E-state index contributed by atoms with van der Waals surface area (Å²) < 4.78 is 0. The summed E-state index contributed by atoms with van der Waals surface area (Å²) in [6, 6.07) is 12.2. The van der Waals surface area contributed by atoms with Crippen LogP contribution in [0.1, 0.15) is 68.9 Å². The highest BCUT2D eigenvalue weighted by Crippen LogP contribution is 2.34. The van der Waals surface area contributed by atoms with Gasteiger partial charge in [-0.25, -0.2) is 0 Å². The van der Waals surface area contributed by atoms with Crippen LogP contribution in [0.5, 0.6) is 0 Å². The summed E-state index contributed by atoms with van der Waals surface area (Å²) in [6.45, 7) is 0. The molecule has 1 aliphatic carbocycles. The Morgan fingerprint density at radius 3 is 2.23 bits per heavy atom. The minimum absolute atomic E-state index is 0.750. The zero-order valence-corrected chi connectivity index (χ0v) is 15.7. The predicted molar refractivity (Wildman–Crippen MR) is 107 cm³/mol. The third kappa shape index (κ3) is 7.71. The molecule has 1 aliphatic rings. The van der Waals surface area contributed by atoms with E-state index in [2.05, 4.69) is 24.3 Å². The van der Waals surface area contributed by atoms with Gasteiger partial charge in [-0.15, -0.1) is 0 Å². The fourth-order valence-corrected chi connectivity index (χ4v) is 3.92. The maximum Gasteiger partial charge on any atom is 0.0991 e. The highest BCUT2D eigenvalue weighted by Gasteiger charge is 2.20. The lowest BCUT2D eigenvalue weighted by Gasteiger charge is -2.28. The first kappa shape index (κ1) is 20.0. The van der Waals surface area contributed by atoms with Crippen molar-refractivity contribution in [2.24, 2.45) is 11.8 Å². The van der Waals surface area contributed by atoms with E-state index < -0.39 is 0 Å². The Morgan fingerprint density at radius 1 is 0.885 bits per heavy atom. The van der Waals surface area contributed by atoms with Crippen molar-refractivity contribution < 1.29 is 0 Å². The van der Waals surface area contributed by atoms with Crippen molar-refractivity contribution in [3.05, 3.63) is 59.7 Å². The van der Waals surface area contributed by atoms with Crippen molar-refractivity contribution in [1.82, 2.24) is 0 Å². The van der Waals surface area contributed by atoms with Crippen LogP contribution in [0.15, 0.2) is 48.6 Å². The summed E-state index contributed by atoms with van der Waals surface area (Å²) in [6.07, 6.45) is 20.6. The first-order valence-electron chi connectivity index (χ1n) is 10.0. The van der Waals surface area contributed by atoms with Crippen LogP contribution in [0.25, 0.3) is 0 Å². The molecule has 2 nitrogen and oxygen atoms in total. The second-order valence-corrected chi connectivity index (χ2v) is 7.43. The number of hydrogen-bond acceptors (Lipinski definition) is 2. The minimum atomic E-state index is 0.750. The molecule has 0 amide bonds. The SMILES string of the molecule is N#CC=CC=CCCC1CCC(CCCCc2ccc(C#N)cc2)CC1. The van der Waals surface area contributed by atoms with E-state index in [1.54, 1.807) is 0 Å². The van der Waals surface area contributed by atoms with Gasteiger partial charge in [0.1, 0.15) is 0 Å². The third-order valence-electron chi connectivity index (χ3n) is 5.54. The summed E-state index contributed by atoms with van der Waals surface area (Å²) in [7, 11) is 0. The smallest absolute Gasteiger partial charge is 0.0991 e. The molecule has 0 heterocycles. The molecule has 1 aromatic carbocycles. The van der Waals surface area contributed by atoms with Crippen molar-refractivity contribution >= 4 is 0 Å². The van der Waals surface area contributed by atoms with E-state index in [4.69, 9.17) is 10.5 Å². The van der Waals surface area contributed by atoms with Gasteiger partial charge >= 0.3 is 0 Å². The molecule has 1 saturated carbocycles. The van der Waals surface area contributed by atoms with Crippen molar-refractivity contribution in [2.45, 2.75) is 64.2 Å². The van der Waals surface area contributed by atoms with E-state index in [9.17, 15) is 0 Å². The summed E-state index contributed by atoms with van der Waals surface area (Å²) >= 11 is 0. The van der Waals surface area contributed by atoms with Gasteiger partial charge in [0.15, 0.2) is 0 Å². The van der Waals surface area contributed by atoms with Gasteiger partial charge in [-0.05, 0) is 55.2 Å². The average Bonchev–Trinajstić information content (AvgIpc) is 2.69. The van der Waals surface area contributed by atoms with Gasteiger partial charge in [-0.2, -0.15) is 10.5 Å². The molecule has 0 aromatic heterocycles. The molecule has 0 spiro atoms. The molecular formula is C24H30N2. The molecular weight excluding hydrogens is 316 g/mol. The Bertz CT molecular complexity index is 647. The van der Waals surface area contributed by atoms with Crippen LogP contribution in [0.3, 0.4) is 0 Å². The monoisotopic (exact) mass is 346 g/mol. The maximum absolute atomic E-state index is 8.83. The lowest BCUT2D eigenvalue weighted by atomic mass is 9.78. The van der Waals surface area contributed by atoms with Crippen molar-refractivity contribution in [3.8, 4) is 12.1 Å². The summed E-state index contributed by atoms with van der Waals surface area (Å²) in [5.74, 6) is 1.83. The van der Waals surface area contributed by atoms with E-state index in [-0.39, 0.29) is 0 Å². The second-order valence-electron chi connectivity index (χ2n) is 7.43. The van der Waals surface area contributed by atoms with Crippen LogP contribution in [0, 0.1) is 34.5 Å². The molecule has 0 aliphatic heterocycles. The Morgan fingerprint density at radius 2 is 1.58 bits per heavy atom. The predicted octanol–water partition coefficient (Wildman–Crippen LogP) is 6.49.